The molecule has 0 unspecified atom stereocenters. The van der Waals surface area contributed by atoms with E-state index in [2.05, 4.69) is 10.0 Å². The molecule has 0 aliphatic rings. The first-order chi connectivity index (χ1) is 14.2. The molecule has 2 aromatic carbocycles. The highest BCUT2D eigenvalue weighted by atomic mass is 35.5. The van der Waals surface area contributed by atoms with Crippen molar-refractivity contribution in [2.45, 2.75) is 17.4 Å². The normalized spacial score (nSPS) is 12.2. The number of carbonyl (C=O) groups excluding carboxylic acids is 1. The number of carboxylic acids is 1. The molecule has 0 spiro atoms. The van der Waals surface area contributed by atoms with Crippen LogP contribution in [0.25, 0.3) is 0 Å². The van der Waals surface area contributed by atoms with Crippen LogP contribution >= 0.6 is 11.6 Å². The molecule has 2 rings (SSSR count). The van der Waals surface area contributed by atoms with E-state index in [4.69, 9.17) is 26.6 Å². The fourth-order valence-electron chi connectivity index (χ4n) is 2.39. The summed E-state index contributed by atoms with van der Waals surface area (Å²) in [6.45, 7) is -1.02. The Kier molecular flexibility index (Phi) is 8.60. The number of hydrogen-bond acceptors (Lipinski definition) is 6. The zero-order chi connectivity index (χ0) is 22.1. The number of carboxylic acid groups (broad SMARTS) is 1. The fraction of sp³-hybridized carbons (Fsp3) is 0.263. The second kappa shape index (κ2) is 10.9. The Morgan fingerprint density at radius 1 is 1.13 bits per heavy atom. The highest BCUT2D eigenvalue weighted by Gasteiger charge is 2.18. The summed E-state index contributed by atoms with van der Waals surface area (Å²) >= 11 is 5.76. The molecule has 0 aliphatic carbocycles. The van der Waals surface area contributed by atoms with Crippen LogP contribution in [0.3, 0.4) is 0 Å². The molecule has 0 fully saturated rings. The number of aliphatic hydroxyl groups is 1. The van der Waals surface area contributed by atoms with Crippen LogP contribution in [0, 0.1) is 0 Å². The Morgan fingerprint density at radius 2 is 1.83 bits per heavy atom. The minimum Gasteiger partial charge on any atom is -0.484 e. The zero-order valence-corrected chi connectivity index (χ0v) is 17.3. The Bertz CT molecular complexity index is 981. The summed E-state index contributed by atoms with van der Waals surface area (Å²) < 4.78 is 32.3. The van der Waals surface area contributed by atoms with Gasteiger partial charge in [0, 0.05) is 11.6 Å². The summed E-state index contributed by atoms with van der Waals surface area (Å²) in [5.74, 6) is -1.69. The maximum atomic E-state index is 12.3. The predicted molar refractivity (Wildman–Crippen MR) is 109 cm³/mol. The second-order valence-electron chi connectivity index (χ2n) is 6.18. The SMILES string of the molecule is O=C(COc1cccc(CCNS(=O)(=O)c2ccc(Cl)cc2)c1)N[C@@H](CO)C(=O)O. The summed E-state index contributed by atoms with van der Waals surface area (Å²) in [4.78, 5) is 22.6. The lowest BCUT2D eigenvalue weighted by molar-refractivity contribution is -0.143. The molecule has 9 nitrogen and oxygen atoms in total. The summed E-state index contributed by atoms with van der Waals surface area (Å²) in [5, 5.41) is 20.3. The van der Waals surface area contributed by atoms with Gasteiger partial charge in [0.2, 0.25) is 10.0 Å². The third-order valence-electron chi connectivity index (χ3n) is 3.91. The molecule has 1 atom stereocenters. The quantitative estimate of drug-likeness (QED) is 0.391. The van der Waals surface area contributed by atoms with E-state index in [-0.39, 0.29) is 11.4 Å². The standard InChI is InChI=1S/C19H21ClN2O7S/c20-14-4-6-16(7-5-14)30(27,28)21-9-8-13-2-1-3-15(10-13)29-12-18(24)22-17(11-23)19(25)26/h1-7,10,17,21,23H,8-9,11-12H2,(H,22,24)(H,25,26)/t17-/m0/s1. The number of benzene rings is 2. The highest BCUT2D eigenvalue weighted by Crippen LogP contribution is 2.15. The molecule has 162 valence electrons. The minimum atomic E-state index is -3.66. The van der Waals surface area contributed by atoms with E-state index in [1.165, 1.54) is 24.3 Å². The van der Waals surface area contributed by atoms with E-state index in [1.807, 2.05) is 0 Å². The van der Waals surface area contributed by atoms with Crippen molar-refractivity contribution in [1.82, 2.24) is 10.0 Å². The second-order valence-corrected chi connectivity index (χ2v) is 8.38. The minimum absolute atomic E-state index is 0.109. The van der Waals surface area contributed by atoms with Gasteiger partial charge in [-0.15, -0.1) is 0 Å². The number of amides is 1. The van der Waals surface area contributed by atoms with E-state index >= 15 is 0 Å². The molecular formula is C19H21ClN2O7S. The number of rotatable bonds is 11. The molecule has 1 amide bonds. The summed E-state index contributed by atoms with van der Waals surface area (Å²) in [6.07, 6.45) is 0.377. The van der Waals surface area contributed by atoms with E-state index in [0.717, 1.165) is 5.56 Å². The largest absolute Gasteiger partial charge is 0.484 e. The van der Waals surface area contributed by atoms with Gasteiger partial charge in [0.1, 0.15) is 11.8 Å². The maximum Gasteiger partial charge on any atom is 0.328 e. The van der Waals surface area contributed by atoms with E-state index in [0.29, 0.717) is 17.2 Å². The topological polar surface area (TPSA) is 142 Å². The molecule has 0 saturated heterocycles. The van der Waals surface area contributed by atoms with Crippen LogP contribution in [-0.4, -0.2) is 56.3 Å². The van der Waals surface area contributed by atoms with Crippen LogP contribution in [0.4, 0.5) is 0 Å². The van der Waals surface area contributed by atoms with E-state index in [1.54, 1.807) is 24.3 Å². The van der Waals surface area contributed by atoms with Crippen LogP contribution < -0.4 is 14.8 Å². The van der Waals surface area contributed by atoms with Crippen molar-refractivity contribution in [3.05, 3.63) is 59.1 Å². The molecule has 4 N–H and O–H groups in total. The number of nitrogens with one attached hydrogen (secondary N) is 2. The molecule has 11 heteroatoms. The van der Waals surface area contributed by atoms with Gasteiger partial charge in [0.15, 0.2) is 6.61 Å². The Balaban J connectivity index is 1.86. The molecule has 0 aliphatic heterocycles. The Hall–Kier alpha value is -2.66. The van der Waals surface area contributed by atoms with Gasteiger partial charge in [-0.1, -0.05) is 23.7 Å². The average Bonchev–Trinajstić information content (AvgIpc) is 2.71. The maximum absolute atomic E-state index is 12.3. The van der Waals surface area contributed by atoms with Gasteiger partial charge in [-0.2, -0.15) is 0 Å². The lowest BCUT2D eigenvalue weighted by Gasteiger charge is -2.12. The van der Waals surface area contributed by atoms with Crippen molar-refractivity contribution >= 4 is 33.5 Å². The lowest BCUT2D eigenvalue weighted by Crippen LogP contribution is -2.45. The first-order valence-corrected chi connectivity index (χ1v) is 10.7. The van der Waals surface area contributed by atoms with E-state index < -0.39 is 41.2 Å². The van der Waals surface area contributed by atoms with Crippen molar-refractivity contribution in [2.24, 2.45) is 0 Å². The van der Waals surface area contributed by atoms with Crippen molar-refractivity contribution in [1.29, 1.82) is 0 Å². The van der Waals surface area contributed by atoms with E-state index in [9.17, 15) is 18.0 Å². The number of carbonyl (C=O) groups is 2. The third kappa shape index (κ3) is 7.30. The predicted octanol–water partition coefficient (Wildman–Crippen LogP) is 0.801. The van der Waals surface area contributed by atoms with Gasteiger partial charge in [-0.3, -0.25) is 4.79 Å². The number of halogens is 1. The molecule has 0 heterocycles. The van der Waals surface area contributed by atoms with Crippen molar-refractivity contribution in [3.63, 3.8) is 0 Å². The monoisotopic (exact) mass is 456 g/mol. The molecule has 0 bridgehead atoms. The van der Waals surface area contributed by atoms with Crippen molar-refractivity contribution in [3.8, 4) is 5.75 Å². The average molecular weight is 457 g/mol. The first kappa shape index (κ1) is 23.6. The summed E-state index contributed by atoms with van der Waals surface area (Å²) in [5.41, 5.74) is 0.769. The van der Waals surface area contributed by atoms with Gasteiger partial charge in [0.25, 0.3) is 5.91 Å². The fourth-order valence-corrected chi connectivity index (χ4v) is 3.55. The smallest absolute Gasteiger partial charge is 0.328 e. The molecule has 0 saturated carbocycles. The number of hydrogen-bond donors (Lipinski definition) is 4. The number of aliphatic hydroxyl groups excluding tert-OH is 1. The van der Waals surface area contributed by atoms with Crippen molar-refractivity contribution in [2.75, 3.05) is 19.8 Å². The molecular weight excluding hydrogens is 436 g/mol. The molecule has 30 heavy (non-hydrogen) atoms. The van der Waals surface area contributed by atoms with Crippen molar-refractivity contribution < 1.29 is 33.0 Å². The summed E-state index contributed by atoms with van der Waals surface area (Å²) in [7, 11) is -3.66. The van der Waals surface area contributed by atoms with Gasteiger partial charge in [0.05, 0.1) is 11.5 Å². The number of sulfonamides is 1. The molecule has 2 aromatic rings. The van der Waals surface area contributed by atoms with Gasteiger partial charge < -0.3 is 20.3 Å². The molecule has 0 aromatic heterocycles. The molecule has 0 radical (unpaired) electrons. The zero-order valence-electron chi connectivity index (χ0n) is 15.7. The van der Waals surface area contributed by atoms with Crippen LogP contribution in [0.5, 0.6) is 5.75 Å². The Labute approximate surface area is 178 Å². The van der Waals surface area contributed by atoms with Crippen LogP contribution in [0.1, 0.15) is 5.56 Å². The van der Waals surface area contributed by atoms with Gasteiger partial charge >= 0.3 is 5.97 Å². The summed E-state index contributed by atoms with van der Waals surface area (Å²) in [6, 6.07) is 11.1. The van der Waals surface area contributed by atoms with Gasteiger partial charge in [-0.25, -0.2) is 17.9 Å². The van der Waals surface area contributed by atoms with Crippen LogP contribution in [0.15, 0.2) is 53.4 Å². The highest BCUT2D eigenvalue weighted by molar-refractivity contribution is 7.89. The third-order valence-corrected chi connectivity index (χ3v) is 5.64. The Morgan fingerprint density at radius 3 is 2.47 bits per heavy atom. The number of aliphatic carboxylic acids is 1. The number of ether oxygens (including phenoxy) is 1. The first-order valence-electron chi connectivity index (χ1n) is 8.81. The lowest BCUT2D eigenvalue weighted by atomic mass is 10.1. The van der Waals surface area contributed by atoms with Crippen LogP contribution in [-0.2, 0) is 26.0 Å². The van der Waals surface area contributed by atoms with Gasteiger partial charge in [-0.05, 0) is 48.4 Å². The van der Waals surface area contributed by atoms with Crippen LogP contribution in [0.2, 0.25) is 5.02 Å².